The van der Waals surface area contributed by atoms with Gasteiger partial charge in [0.1, 0.15) is 12.3 Å². The number of ketones is 1. The van der Waals surface area contributed by atoms with Crippen molar-refractivity contribution < 1.29 is 28.6 Å². The van der Waals surface area contributed by atoms with Crippen LogP contribution in [0.25, 0.3) is 5.70 Å². The number of aliphatic hydroxyl groups is 1. The highest BCUT2D eigenvalue weighted by atomic mass is 19.1. The molecule has 1 aliphatic heterocycles. The number of nitrogens with two attached hydrogens (primary N) is 2. The second kappa shape index (κ2) is 11.6. The van der Waals surface area contributed by atoms with Gasteiger partial charge in [0, 0.05) is 48.3 Å². The van der Waals surface area contributed by atoms with Crippen LogP contribution in [0.2, 0.25) is 0 Å². The number of benzene rings is 2. The monoisotopic (exact) mass is 484 g/mol. The molecule has 6 N–H and O–H groups in total. The first-order chi connectivity index (χ1) is 16.8. The van der Waals surface area contributed by atoms with Gasteiger partial charge in [0.05, 0.1) is 19.3 Å². The second-order valence-corrected chi connectivity index (χ2v) is 8.10. The van der Waals surface area contributed by atoms with Crippen molar-refractivity contribution in [2.24, 2.45) is 5.73 Å². The third kappa shape index (κ3) is 6.03. The molecule has 35 heavy (non-hydrogen) atoms. The Morgan fingerprint density at radius 2 is 1.91 bits per heavy atom. The molecular formula is C25H29FN4O5. The Morgan fingerprint density at radius 3 is 2.57 bits per heavy atom. The van der Waals surface area contributed by atoms with Crippen molar-refractivity contribution in [1.29, 1.82) is 5.41 Å². The van der Waals surface area contributed by atoms with E-state index in [1.54, 1.807) is 29.2 Å². The topological polar surface area (TPSA) is 152 Å². The summed E-state index contributed by atoms with van der Waals surface area (Å²) in [5.74, 6) is -1.81. The van der Waals surface area contributed by atoms with Gasteiger partial charge in [-0.15, -0.1) is 0 Å². The predicted octanol–water partition coefficient (Wildman–Crippen LogP) is 1.97. The lowest BCUT2D eigenvalue weighted by molar-refractivity contribution is -0.108. The summed E-state index contributed by atoms with van der Waals surface area (Å²) >= 11 is 0. The molecule has 1 saturated heterocycles. The minimum absolute atomic E-state index is 0.00935. The molecule has 0 saturated carbocycles. The molecule has 0 radical (unpaired) electrons. The number of amides is 1. The Hall–Kier alpha value is -3.76. The zero-order valence-electron chi connectivity index (χ0n) is 19.4. The molecule has 1 fully saturated rings. The fourth-order valence-electron chi connectivity index (χ4n) is 3.82. The number of halogens is 1. The summed E-state index contributed by atoms with van der Waals surface area (Å²) in [4.78, 5) is 27.0. The molecule has 1 atom stereocenters. The number of carbonyl (C=O) groups is 2. The summed E-state index contributed by atoms with van der Waals surface area (Å²) in [6.07, 6.45) is 2.67. The molecule has 1 aliphatic rings. The van der Waals surface area contributed by atoms with Gasteiger partial charge in [0.2, 0.25) is 5.78 Å². The summed E-state index contributed by atoms with van der Waals surface area (Å²) in [5.41, 5.74) is 12.4. The standard InChI is InChI=1S/C25H29FN4O5/c1-34-9-10-35-23-13-21(28)18(11-19(23)26)24(29)22(32)12-20(27)15-4-6-16(7-5-15)25(33)30-8-2-3-17(30)14-31/h4-7,11-13,17,29,31H,2-3,8-10,14,27-28H2,1H3/b20-12-,29-24?/t17-/m0/s1. The Morgan fingerprint density at radius 1 is 1.23 bits per heavy atom. The van der Waals surface area contributed by atoms with E-state index in [9.17, 15) is 19.1 Å². The molecule has 0 aromatic heterocycles. The Kier molecular flexibility index (Phi) is 8.56. The van der Waals surface area contributed by atoms with Gasteiger partial charge < -0.3 is 30.9 Å². The van der Waals surface area contributed by atoms with Crippen molar-refractivity contribution in [3.8, 4) is 5.75 Å². The van der Waals surface area contributed by atoms with Crippen molar-refractivity contribution in [2.45, 2.75) is 18.9 Å². The number of ether oxygens (including phenoxy) is 2. The number of methoxy groups -OCH3 is 1. The van der Waals surface area contributed by atoms with E-state index >= 15 is 0 Å². The van der Waals surface area contributed by atoms with Crippen LogP contribution in [0.5, 0.6) is 5.75 Å². The van der Waals surface area contributed by atoms with Gasteiger partial charge in [0.25, 0.3) is 5.91 Å². The van der Waals surface area contributed by atoms with Crippen LogP contribution in [0.15, 0.2) is 42.5 Å². The number of likely N-dealkylation sites (tertiary alicyclic amines) is 1. The van der Waals surface area contributed by atoms with Crippen molar-refractivity contribution in [1.82, 2.24) is 4.90 Å². The number of nitrogens with zero attached hydrogens (tertiary/aromatic N) is 1. The summed E-state index contributed by atoms with van der Waals surface area (Å²) < 4.78 is 24.4. The lowest BCUT2D eigenvalue weighted by Crippen LogP contribution is -2.37. The average molecular weight is 485 g/mol. The van der Waals surface area contributed by atoms with E-state index in [1.165, 1.54) is 13.2 Å². The van der Waals surface area contributed by atoms with Crippen molar-refractivity contribution >= 4 is 28.8 Å². The highest BCUT2D eigenvalue weighted by Gasteiger charge is 2.28. The lowest BCUT2D eigenvalue weighted by Gasteiger charge is -2.23. The number of hydrogen-bond donors (Lipinski definition) is 4. The van der Waals surface area contributed by atoms with Crippen LogP contribution in [0.3, 0.4) is 0 Å². The summed E-state index contributed by atoms with van der Waals surface area (Å²) in [5, 5.41) is 17.6. The number of allylic oxidation sites excluding steroid dienone is 1. The number of carbonyl (C=O) groups excluding carboxylic acids is 2. The normalized spacial score (nSPS) is 15.8. The van der Waals surface area contributed by atoms with Crippen LogP contribution in [-0.2, 0) is 9.53 Å². The predicted molar refractivity (Wildman–Crippen MR) is 130 cm³/mol. The van der Waals surface area contributed by atoms with E-state index in [1.807, 2.05) is 0 Å². The number of nitrogen functional groups attached to an aromatic ring is 1. The van der Waals surface area contributed by atoms with E-state index in [0.717, 1.165) is 25.0 Å². The third-order valence-electron chi connectivity index (χ3n) is 5.77. The maximum absolute atomic E-state index is 14.4. The molecule has 3 rings (SSSR count). The molecule has 9 nitrogen and oxygen atoms in total. The van der Waals surface area contributed by atoms with Gasteiger partial charge in [-0.2, -0.15) is 0 Å². The fourth-order valence-corrected chi connectivity index (χ4v) is 3.82. The number of anilines is 1. The molecule has 0 bridgehead atoms. The Bertz CT molecular complexity index is 1130. The maximum atomic E-state index is 14.4. The van der Waals surface area contributed by atoms with E-state index in [4.69, 9.17) is 26.4 Å². The molecular weight excluding hydrogens is 455 g/mol. The molecule has 1 amide bonds. The molecule has 0 aliphatic carbocycles. The molecule has 10 heteroatoms. The SMILES string of the molecule is COCCOc1cc(N)c(C(=N)C(=O)/C=C(\N)c2ccc(C(=O)N3CCC[C@H]3CO)cc2)cc1F. The van der Waals surface area contributed by atoms with Crippen LogP contribution >= 0.6 is 0 Å². The minimum atomic E-state index is -0.762. The number of nitrogens with one attached hydrogen (secondary N) is 1. The quantitative estimate of drug-likeness (QED) is 0.174. The van der Waals surface area contributed by atoms with E-state index < -0.39 is 17.3 Å². The first-order valence-corrected chi connectivity index (χ1v) is 11.1. The highest BCUT2D eigenvalue weighted by molar-refractivity contribution is 6.50. The molecule has 186 valence electrons. The zero-order chi connectivity index (χ0) is 25.5. The third-order valence-corrected chi connectivity index (χ3v) is 5.77. The zero-order valence-corrected chi connectivity index (χ0v) is 19.4. The first kappa shape index (κ1) is 25.9. The summed E-state index contributed by atoms with van der Waals surface area (Å²) in [6, 6.07) is 8.39. The van der Waals surface area contributed by atoms with Gasteiger partial charge in [-0.25, -0.2) is 4.39 Å². The van der Waals surface area contributed by atoms with Gasteiger partial charge in [-0.3, -0.25) is 15.0 Å². The van der Waals surface area contributed by atoms with Gasteiger partial charge >= 0.3 is 0 Å². The molecule has 2 aromatic carbocycles. The van der Waals surface area contributed by atoms with Crippen LogP contribution in [0, 0.1) is 11.2 Å². The minimum Gasteiger partial charge on any atom is -0.488 e. The Balaban J connectivity index is 1.71. The van der Waals surface area contributed by atoms with Crippen LogP contribution in [-0.4, -0.2) is 66.9 Å². The second-order valence-electron chi connectivity index (χ2n) is 8.10. The van der Waals surface area contributed by atoms with Crippen molar-refractivity contribution in [3.63, 3.8) is 0 Å². The van der Waals surface area contributed by atoms with E-state index in [0.29, 0.717) is 17.7 Å². The van der Waals surface area contributed by atoms with Crippen LogP contribution in [0.1, 0.15) is 34.3 Å². The summed E-state index contributed by atoms with van der Waals surface area (Å²) in [7, 11) is 1.49. The number of rotatable bonds is 10. The van der Waals surface area contributed by atoms with Crippen LogP contribution < -0.4 is 16.2 Å². The lowest BCUT2D eigenvalue weighted by atomic mass is 10.0. The van der Waals surface area contributed by atoms with Crippen molar-refractivity contribution in [2.75, 3.05) is 39.2 Å². The Labute approximate surface area is 202 Å². The van der Waals surface area contributed by atoms with Gasteiger partial charge in [-0.1, -0.05) is 12.1 Å². The van der Waals surface area contributed by atoms with Gasteiger partial charge in [-0.05, 0) is 36.6 Å². The molecule has 2 aromatic rings. The summed E-state index contributed by atoms with van der Waals surface area (Å²) in [6.45, 7) is 0.891. The maximum Gasteiger partial charge on any atom is 0.254 e. The van der Waals surface area contributed by atoms with E-state index in [2.05, 4.69) is 0 Å². The fraction of sp³-hybridized carbons (Fsp3) is 0.320. The molecule has 1 heterocycles. The van der Waals surface area contributed by atoms with Crippen molar-refractivity contribution in [3.05, 3.63) is 65.0 Å². The smallest absolute Gasteiger partial charge is 0.254 e. The highest BCUT2D eigenvalue weighted by Crippen LogP contribution is 2.25. The van der Waals surface area contributed by atoms with E-state index in [-0.39, 0.29) is 54.5 Å². The molecule has 0 unspecified atom stereocenters. The first-order valence-electron chi connectivity index (χ1n) is 11.1. The number of hydrogen-bond acceptors (Lipinski definition) is 8. The van der Waals surface area contributed by atoms with Gasteiger partial charge in [0.15, 0.2) is 11.6 Å². The molecule has 0 spiro atoms. The average Bonchev–Trinajstić information content (AvgIpc) is 3.34. The number of aliphatic hydroxyl groups excluding tert-OH is 1. The van der Waals surface area contributed by atoms with Crippen LogP contribution in [0.4, 0.5) is 10.1 Å². The largest absolute Gasteiger partial charge is 0.488 e.